The smallest absolute Gasteiger partial charge is 0.126 e. The molecule has 0 radical (unpaired) electrons. The van der Waals surface area contributed by atoms with E-state index in [-0.39, 0.29) is 0 Å². The van der Waals surface area contributed by atoms with Gasteiger partial charge in [-0.05, 0) is 54.8 Å². The van der Waals surface area contributed by atoms with Crippen molar-refractivity contribution in [1.82, 2.24) is 4.98 Å². The van der Waals surface area contributed by atoms with E-state index in [2.05, 4.69) is 68.4 Å². The van der Waals surface area contributed by atoms with Gasteiger partial charge in [-0.25, -0.2) is 4.98 Å². The minimum Gasteiger partial charge on any atom is -0.398 e. The molecule has 0 spiro atoms. The Hall–Kier alpha value is -3.43. The van der Waals surface area contributed by atoms with Crippen LogP contribution in [0.3, 0.4) is 0 Å². The molecule has 30 heavy (non-hydrogen) atoms. The Labute approximate surface area is 180 Å². The summed E-state index contributed by atoms with van der Waals surface area (Å²) in [6.07, 6.45) is 0. The molecule has 146 valence electrons. The van der Waals surface area contributed by atoms with E-state index in [1.807, 2.05) is 30.3 Å². The molecule has 5 rings (SSSR count). The molecule has 2 N–H and O–H groups in total. The first-order chi connectivity index (χ1) is 14.6. The average molecular weight is 407 g/mol. The number of hydrogen-bond acceptors (Lipinski definition) is 3. The molecule has 0 unspecified atom stereocenters. The molecule has 1 heterocycles. The van der Waals surface area contributed by atoms with Crippen molar-refractivity contribution in [3.05, 3.63) is 96.1 Å². The Bertz CT molecular complexity index is 1350. The van der Waals surface area contributed by atoms with Crippen molar-refractivity contribution in [2.24, 2.45) is 0 Å². The lowest BCUT2D eigenvalue weighted by Gasteiger charge is -2.09. The van der Waals surface area contributed by atoms with Crippen molar-refractivity contribution in [3.8, 4) is 32.8 Å². The monoisotopic (exact) mass is 406 g/mol. The van der Waals surface area contributed by atoms with E-state index in [0.29, 0.717) is 0 Å². The molecule has 0 amide bonds. The summed E-state index contributed by atoms with van der Waals surface area (Å²) in [7, 11) is 0. The molecule has 0 aliphatic rings. The maximum atomic E-state index is 6.24. The number of nitrogen functional groups attached to an aromatic ring is 1. The molecule has 0 saturated heterocycles. The van der Waals surface area contributed by atoms with Crippen LogP contribution >= 0.6 is 11.3 Å². The van der Waals surface area contributed by atoms with Crippen LogP contribution < -0.4 is 5.73 Å². The van der Waals surface area contributed by atoms with Crippen LogP contribution in [-0.4, -0.2) is 4.98 Å². The van der Waals surface area contributed by atoms with Gasteiger partial charge in [0.2, 0.25) is 0 Å². The van der Waals surface area contributed by atoms with Gasteiger partial charge in [-0.1, -0.05) is 71.8 Å². The molecule has 0 fully saturated rings. The van der Waals surface area contributed by atoms with Crippen LogP contribution in [-0.2, 0) is 0 Å². The van der Waals surface area contributed by atoms with Crippen LogP contribution in [0.15, 0.2) is 84.9 Å². The Balaban J connectivity index is 1.79. The molecular formula is C27H22N2S. The fraction of sp³-hybridized carbons (Fsp3) is 0.0741. The minimum absolute atomic E-state index is 0.757. The van der Waals surface area contributed by atoms with E-state index in [4.69, 9.17) is 10.7 Å². The number of rotatable bonds is 3. The van der Waals surface area contributed by atoms with E-state index < -0.39 is 0 Å². The number of nitrogens with two attached hydrogens (primary N) is 1. The predicted molar refractivity (Wildman–Crippen MR) is 130 cm³/mol. The number of nitrogens with zero attached hydrogens (tertiary/aromatic N) is 1. The van der Waals surface area contributed by atoms with Crippen LogP contribution in [0.5, 0.6) is 0 Å². The van der Waals surface area contributed by atoms with Gasteiger partial charge in [0.25, 0.3) is 0 Å². The van der Waals surface area contributed by atoms with Gasteiger partial charge >= 0.3 is 0 Å². The summed E-state index contributed by atoms with van der Waals surface area (Å²) in [5, 5.41) is 0.956. The maximum Gasteiger partial charge on any atom is 0.126 e. The van der Waals surface area contributed by atoms with Gasteiger partial charge in [0, 0.05) is 16.8 Å². The molecule has 0 aliphatic carbocycles. The number of para-hydroxylation sites is 1. The molecule has 4 aromatic carbocycles. The van der Waals surface area contributed by atoms with Gasteiger partial charge in [-0.3, -0.25) is 0 Å². The lowest BCUT2D eigenvalue weighted by Crippen LogP contribution is -1.88. The van der Waals surface area contributed by atoms with Crippen LogP contribution in [0, 0.1) is 13.8 Å². The van der Waals surface area contributed by atoms with Crippen LogP contribution in [0.1, 0.15) is 11.1 Å². The van der Waals surface area contributed by atoms with Gasteiger partial charge in [0.15, 0.2) is 0 Å². The highest BCUT2D eigenvalue weighted by Gasteiger charge is 2.15. The van der Waals surface area contributed by atoms with E-state index in [9.17, 15) is 0 Å². The van der Waals surface area contributed by atoms with Crippen molar-refractivity contribution in [2.45, 2.75) is 13.8 Å². The van der Waals surface area contributed by atoms with Gasteiger partial charge in [-0.15, -0.1) is 11.3 Å². The Morgan fingerprint density at radius 2 is 1.33 bits per heavy atom. The average Bonchev–Trinajstić information content (AvgIpc) is 3.17. The molecular weight excluding hydrogens is 384 g/mol. The van der Waals surface area contributed by atoms with E-state index in [0.717, 1.165) is 27.3 Å². The fourth-order valence-corrected chi connectivity index (χ4v) is 5.06. The summed E-state index contributed by atoms with van der Waals surface area (Å²) in [5.74, 6) is 0. The maximum absolute atomic E-state index is 6.24. The summed E-state index contributed by atoms with van der Waals surface area (Å²) >= 11 is 1.70. The van der Waals surface area contributed by atoms with Gasteiger partial charge in [0.05, 0.1) is 10.2 Å². The van der Waals surface area contributed by atoms with E-state index in [1.54, 1.807) is 11.3 Å². The largest absolute Gasteiger partial charge is 0.398 e. The third-order valence-corrected chi connectivity index (χ3v) is 6.36. The summed E-state index contributed by atoms with van der Waals surface area (Å²) in [6, 6.07) is 29.7. The van der Waals surface area contributed by atoms with Gasteiger partial charge in [0.1, 0.15) is 5.01 Å². The third kappa shape index (κ3) is 3.38. The van der Waals surface area contributed by atoms with Crippen molar-refractivity contribution >= 4 is 27.2 Å². The second-order valence-electron chi connectivity index (χ2n) is 7.72. The molecule has 3 heteroatoms. The lowest BCUT2D eigenvalue weighted by atomic mass is 9.96. The highest BCUT2D eigenvalue weighted by molar-refractivity contribution is 7.21. The second-order valence-corrected chi connectivity index (χ2v) is 8.75. The van der Waals surface area contributed by atoms with E-state index in [1.165, 1.54) is 32.5 Å². The SMILES string of the molecule is Cc1cc(C)cc(-c2cc(-c3ccccc3)c3nc(-c4ccccc4N)sc3c2)c1. The number of anilines is 1. The van der Waals surface area contributed by atoms with Crippen LogP contribution in [0.25, 0.3) is 43.0 Å². The lowest BCUT2D eigenvalue weighted by molar-refractivity contribution is 1.38. The number of thiazole rings is 1. The minimum atomic E-state index is 0.757. The standard InChI is InChI=1S/C27H22N2S/c1-17-12-18(2)14-20(13-17)21-15-23(19-8-4-3-5-9-19)26-25(16-21)30-27(29-26)22-10-6-7-11-24(22)28/h3-16H,28H2,1-2H3. The number of fused-ring (bicyclic) bond motifs is 1. The molecule has 0 saturated carbocycles. The fourth-order valence-electron chi connectivity index (χ4n) is 3.98. The first-order valence-electron chi connectivity index (χ1n) is 10.0. The van der Waals surface area contributed by atoms with Crippen LogP contribution in [0.4, 0.5) is 5.69 Å². The summed E-state index contributed by atoms with van der Waals surface area (Å²) in [6.45, 7) is 4.30. The zero-order valence-corrected chi connectivity index (χ0v) is 17.8. The number of aromatic nitrogens is 1. The topological polar surface area (TPSA) is 38.9 Å². The molecule has 1 aromatic heterocycles. The quantitative estimate of drug-likeness (QED) is 0.315. The zero-order chi connectivity index (χ0) is 20.7. The normalized spacial score (nSPS) is 11.1. The number of aryl methyl sites for hydroxylation is 2. The molecule has 0 aliphatic heterocycles. The van der Waals surface area contributed by atoms with Crippen molar-refractivity contribution in [1.29, 1.82) is 0 Å². The Kier molecular flexibility index (Phi) is 4.61. The summed E-state index contributed by atoms with van der Waals surface area (Å²) in [5.41, 5.74) is 16.3. The van der Waals surface area contributed by atoms with E-state index >= 15 is 0 Å². The number of hydrogen-bond donors (Lipinski definition) is 1. The highest BCUT2D eigenvalue weighted by Crippen LogP contribution is 2.40. The predicted octanol–water partition coefficient (Wildman–Crippen LogP) is 7.50. The Morgan fingerprint density at radius 1 is 0.667 bits per heavy atom. The Morgan fingerprint density at radius 3 is 2.07 bits per heavy atom. The van der Waals surface area contributed by atoms with Crippen molar-refractivity contribution in [2.75, 3.05) is 5.73 Å². The van der Waals surface area contributed by atoms with Crippen molar-refractivity contribution in [3.63, 3.8) is 0 Å². The molecule has 5 aromatic rings. The first-order valence-corrected chi connectivity index (χ1v) is 10.8. The molecule has 0 atom stereocenters. The first kappa shape index (κ1) is 18.6. The third-order valence-electron chi connectivity index (χ3n) is 5.33. The number of benzene rings is 4. The molecule has 2 nitrogen and oxygen atoms in total. The summed E-state index contributed by atoms with van der Waals surface area (Å²) < 4.78 is 1.17. The highest BCUT2D eigenvalue weighted by atomic mass is 32.1. The van der Waals surface area contributed by atoms with Crippen LogP contribution in [0.2, 0.25) is 0 Å². The zero-order valence-electron chi connectivity index (χ0n) is 17.0. The van der Waals surface area contributed by atoms with Crippen molar-refractivity contribution < 1.29 is 0 Å². The molecule has 0 bridgehead atoms. The van der Waals surface area contributed by atoms with Gasteiger partial charge < -0.3 is 5.73 Å². The second kappa shape index (κ2) is 7.43. The van der Waals surface area contributed by atoms with Gasteiger partial charge in [-0.2, -0.15) is 0 Å². The summed E-state index contributed by atoms with van der Waals surface area (Å²) in [4.78, 5) is 5.03.